The standard InChI is InChI=1S/C44H48N2O8/c1-2-36(31-10-4-3-5-11-31)42(32-14-18-34(47)19-15-32)33-16-20-35(21-17-33)53-28-8-26-51-24-7-25-52-27-9-29-54-40-13-6-12-37-38(40)30-46(44(37)50)39-22-23-41(48)45-43(39)49/h3-6,10-21,30,37,39,47H,2,7-9,22-29H2,1H3,(H,45,48,49)/b42-36-. The maximum Gasteiger partial charge on any atom is 0.249 e. The zero-order chi connectivity index (χ0) is 37.7. The lowest BCUT2D eigenvalue weighted by Gasteiger charge is -2.28. The highest BCUT2D eigenvalue weighted by Gasteiger charge is 2.42. The number of allylic oxidation sites excluding steroid dienone is 4. The van der Waals surface area contributed by atoms with E-state index in [1.807, 2.05) is 36.4 Å². The zero-order valence-electron chi connectivity index (χ0n) is 30.7. The molecule has 2 atom stereocenters. The van der Waals surface area contributed by atoms with Crippen molar-refractivity contribution in [2.24, 2.45) is 5.92 Å². The molecule has 2 aliphatic heterocycles. The first-order chi connectivity index (χ1) is 26.4. The van der Waals surface area contributed by atoms with E-state index in [-0.39, 0.29) is 24.0 Å². The van der Waals surface area contributed by atoms with Crippen molar-refractivity contribution in [3.05, 3.63) is 131 Å². The number of nitrogens with one attached hydrogen (secondary N) is 1. The molecule has 0 aromatic heterocycles. The fourth-order valence-corrected chi connectivity index (χ4v) is 6.85. The number of piperidine rings is 1. The molecule has 0 radical (unpaired) electrons. The molecule has 2 N–H and O–H groups in total. The predicted octanol–water partition coefficient (Wildman–Crippen LogP) is 6.96. The molecule has 6 rings (SSSR count). The van der Waals surface area contributed by atoms with Gasteiger partial charge in [0.25, 0.3) is 0 Å². The summed E-state index contributed by atoms with van der Waals surface area (Å²) in [5.74, 6) is 0.229. The minimum absolute atomic E-state index is 0.187. The average Bonchev–Trinajstić information content (AvgIpc) is 3.53. The maximum absolute atomic E-state index is 13.0. The number of aromatic hydroxyl groups is 1. The third-order valence-corrected chi connectivity index (χ3v) is 9.56. The normalized spacial score (nSPS) is 18.5. The fourth-order valence-electron chi connectivity index (χ4n) is 6.85. The highest BCUT2D eigenvalue weighted by atomic mass is 16.5. The summed E-state index contributed by atoms with van der Waals surface area (Å²) in [6.07, 6.45) is 10.7. The number of benzene rings is 3. The van der Waals surface area contributed by atoms with Crippen LogP contribution >= 0.6 is 0 Å². The van der Waals surface area contributed by atoms with E-state index in [0.717, 1.165) is 47.3 Å². The summed E-state index contributed by atoms with van der Waals surface area (Å²) in [6.45, 7) is 5.47. The summed E-state index contributed by atoms with van der Waals surface area (Å²) in [7, 11) is 0. The molecule has 1 aliphatic carbocycles. The van der Waals surface area contributed by atoms with E-state index in [2.05, 4.69) is 48.6 Å². The van der Waals surface area contributed by atoms with Crippen LogP contribution in [0.2, 0.25) is 0 Å². The Balaban J connectivity index is 0.848. The van der Waals surface area contributed by atoms with Gasteiger partial charge >= 0.3 is 0 Å². The number of ether oxygens (including phenoxy) is 4. The van der Waals surface area contributed by atoms with Crippen LogP contribution in [0.15, 0.2) is 115 Å². The Morgan fingerprint density at radius 2 is 1.41 bits per heavy atom. The lowest BCUT2D eigenvalue weighted by atomic mass is 9.88. The number of carbonyl (C=O) groups is 3. The van der Waals surface area contributed by atoms with Crippen molar-refractivity contribution >= 4 is 28.9 Å². The predicted molar refractivity (Wildman–Crippen MR) is 206 cm³/mol. The number of phenols is 1. The van der Waals surface area contributed by atoms with E-state index in [9.17, 15) is 19.5 Å². The molecule has 2 heterocycles. The van der Waals surface area contributed by atoms with Gasteiger partial charge in [-0.15, -0.1) is 0 Å². The first kappa shape index (κ1) is 38.3. The molecule has 282 valence electrons. The van der Waals surface area contributed by atoms with E-state index in [4.69, 9.17) is 18.9 Å². The molecule has 0 bridgehead atoms. The average molecular weight is 733 g/mol. The van der Waals surface area contributed by atoms with Crippen LogP contribution in [-0.2, 0) is 28.6 Å². The minimum atomic E-state index is -0.687. The van der Waals surface area contributed by atoms with Crippen LogP contribution in [0.4, 0.5) is 0 Å². The van der Waals surface area contributed by atoms with Crippen molar-refractivity contribution in [3.8, 4) is 11.5 Å². The molecule has 0 saturated carbocycles. The summed E-state index contributed by atoms with van der Waals surface area (Å²) in [4.78, 5) is 38.3. The summed E-state index contributed by atoms with van der Waals surface area (Å²) in [5.41, 5.74) is 6.41. The van der Waals surface area contributed by atoms with E-state index >= 15 is 0 Å². The molecule has 3 amide bonds. The van der Waals surface area contributed by atoms with Gasteiger partial charge in [0.15, 0.2) is 0 Å². The lowest BCUT2D eigenvalue weighted by Crippen LogP contribution is -2.52. The third kappa shape index (κ3) is 9.75. The van der Waals surface area contributed by atoms with E-state index in [0.29, 0.717) is 58.2 Å². The van der Waals surface area contributed by atoms with Crippen LogP contribution in [0.25, 0.3) is 11.1 Å². The minimum Gasteiger partial charge on any atom is -0.508 e. The summed E-state index contributed by atoms with van der Waals surface area (Å²) >= 11 is 0. The van der Waals surface area contributed by atoms with Gasteiger partial charge in [0, 0.05) is 57.5 Å². The van der Waals surface area contributed by atoms with E-state index in [1.54, 1.807) is 30.5 Å². The number of hydrogen-bond acceptors (Lipinski definition) is 8. The summed E-state index contributed by atoms with van der Waals surface area (Å²) in [5, 5.41) is 12.2. The molecule has 1 saturated heterocycles. The van der Waals surface area contributed by atoms with Crippen molar-refractivity contribution in [1.29, 1.82) is 0 Å². The Morgan fingerprint density at radius 3 is 2.06 bits per heavy atom. The maximum atomic E-state index is 13.0. The summed E-state index contributed by atoms with van der Waals surface area (Å²) in [6, 6.07) is 25.3. The lowest BCUT2D eigenvalue weighted by molar-refractivity contribution is -0.143. The summed E-state index contributed by atoms with van der Waals surface area (Å²) < 4.78 is 23.5. The SMILES string of the molecule is CC/C(=C(\c1ccc(O)cc1)c1ccc(OCCCOCCCOCCCOC2=CC=CC3C(=O)N(C4CCC(=O)NC4=O)C=C23)cc1)c1ccccc1. The monoisotopic (exact) mass is 732 g/mol. The number of rotatable bonds is 19. The quantitative estimate of drug-likeness (QED) is 0.0771. The Labute approximate surface area is 316 Å². The molecular formula is C44H48N2O8. The third-order valence-electron chi connectivity index (χ3n) is 9.56. The highest BCUT2D eigenvalue weighted by Crippen LogP contribution is 2.37. The van der Waals surface area contributed by atoms with Gasteiger partial charge in [-0.05, 0) is 77.4 Å². The van der Waals surface area contributed by atoms with Crippen LogP contribution in [0.1, 0.15) is 62.1 Å². The van der Waals surface area contributed by atoms with Crippen LogP contribution < -0.4 is 10.1 Å². The smallest absolute Gasteiger partial charge is 0.249 e. The van der Waals surface area contributed by atoms with Crippen molar-refractivity contribution in [2.75, 3.05) is 39.6 Å². The second-order valence-corrected chi connectivity index (χ2v) is 13.3. The van der Waals surface area contributed by atoms with Gasteiger partial charge in [-0.1, -0.05) is 73.7 Å². The molecule has 0 spiro atoms. The molecule has 3 aliphatic rings. The highest BCUT2D eigenvalue weighted by molar-refractivity contribution is 6.03. The van der Waals surface area contributed by atoms with Crippen molar-refractivity contribution in [2.45, 2.75) is 51.5 Å². The number of nitrogens with zero attached hydrogens (tertiary/aromatic N) is 1. The molecule has 3 aromatic carbocycles. The Morgan fingerprint density at radius 1 is 0.778 bits per heavy atom. The Kier molecular flexibility index (Phi) is 13.5. The van der Waals surface area contributed by atoms with Gasteiger partial charge in [0.1, 0.15) is 23.3 Å². The second kappa shape index (κ2) is 19.0. The van der Waals surface area contributed by atoms with E-state index < -0.39 is 17.9 Å². The molecule has 2 unspecified atom stereocenters. The Hall–Kier alpha value is -5.45. The van der Waals surface area contributed by atoms with Crippen molar-refractivity contribution in [1.82, 2.24) is 10.2 Å². The van der Waals surface area contributed by atoms with Crippen LogP contribution in [0.3, 0.4) is 0 Å². The van der Waals surface area contributed by atoms with Crippen molar-refractivity contribution < 1.29 is 38.4 Å². The molecule has 10 heteroatoms. The number of phenolic OH excluding ortho intramolecular Hbond substituents is 1. The number of imide groups is 1. The zero-order valence-corrected chi connectivity index (χ0v) is 30.7. The molecule has 1 fully saturated rings. The Bertz CT molecular complexity index is 1880. The first-order valence-corrected chi connectivity index (χ1v) is 18.8. The van der Waals surface area contributed by atoms with Gasteiger partial charge in [-0.25, -0.2) is 0 Å². The fraction of sp³-hybridized carbons (Fsp3) is 0.341. The molecule has 3 aromatic rings. The number of hydrogen-bond donors (Lipinski definition) is 2. The molecule has 54 heavy (non-hydrogen) atoms. The first-order valence-electron chi connectivity index (χ1n) is 18.8. The van der Waals surface area contributed by atoms with Gasteiger partial charge < -0.3 is 29.0 Å². The second-order valence-electron chi connectivity index (χ2n) is 13.3. The topological polar surface area (TPSA) is 124 Å². The number of amides is 3. The molecular weight excluding hydrogens is 684 g/mol. The van der Waals surface area contributed by atoms with Gasteiger partial charge in [0.05, 0.1) is 19.1 Å². The van der Waals surface area contributed by atoms with Gasteiger partial charge in [-0.3, -0.25) is 19.7 Å². The number of carbonyl (C=O) groups excluding carboxylic acids is 3. The van der Waals surface area contributed by atoms with Gasteiger partial charge in [-0.2, -0.15) is 0 Å². The van der Waals surface area contributed by atoms with Gasteiger partial charge in [0.2, 0.25) is 17.7 Å². The molecule has 10 nitrogen and oxygen atoms in total. The van der Waals surface area contributed by atoms with Crippen molar-refractivity contribution in [3.63, 3.8) is 0 Å². The van der Waals surface area contributed by atoms with Crippen LogP contribution in [-0.4, -0.2) is 73.4 Å². The van der Waals surface area contributed by atoms with E-state index in [1.165, 1.54) is 16.0 Å². The number of fused-ring (bicyclic) bond motifs is 1. The van der Waals surface area contributed by atoms with Crippen LogP contribution in [0, 0.1) is 5.92 Å². The van der Waals surface area contributed by atoms with Crippen LogP contribution in [0.5, 0.6) is 11.5 Å². The largest absolute Gasteiger partial charge is 0.508 e.